The molecule has 0 bridgehead atoms. The van der Waals surface area contributed by atoms with Gasteiger partial charge in [-0.05, 0) is 0 Å². The number of nitrogen functional groups attached to an aromatic ring is 1. The van der Waals surface area contributed by atoms with E-state index in [2.05, 4.69) is 9.72 Å². The number of ether oxygens (including phenoxy) is 1. The maximum atomic E-state index is 12.5. The zero-order valence-corrected chi connectivity index (χ0v) is 7.68. The molecule has 0 saturated carbocycles. The van der Waals surface area contributed by atoms with Gasteiger partial charge < -0.3 is 10.5 Å². The van der Waals surface area contributed by atoms with Gasteiger partial charge in [-0.25, -0.2) is 9.37 Å². The van der Waals surface area contributed by atoms with Gasteiger partial charge in [-0.1, -0.05) is 0 Å². The Balaban J connectivity index is 3.32. The van der Waals surface area contributed by atoms with Gasteiger partial charge in [-0.15, -0.1) is 13.2 Å². The molecule has 86 valence electrons. The number of aromatic nitrogens is 1. The molecule has 0 saturated heterocycles. The number of hydrogen-bond donors (Lipinski definition) is 1. The van der Waals surface area contributed by atoms with E-state index in [1.807, 2.05) is 0 Å². The van der Waals surface area contributed by atoms with Crippen LogP contribution in [0, 0.1) is 11.3 Å². The molecular formula is C8H5F4N3O. The normalized spacial score (nSPS) is 10.9. The highest BCUT2D eigenvalue weighted by Gasteiger charge is 2.34. The lowest BCUT2D eigenvalue weighted by atomic mass is 10.2. The highest BCUT2D eigenvalue weighted by molar-refractivity contribution is 5.57. The number of halogens is 4. The second-order valence-corrected chi connectivity index (χ2v) is 2.66. The fraction of sp³-hybridized carbons (Fsp3) is 0.250. The molecule has 0 unspecified atom stereocenters. The number of hydrogen-bond acceptors (Lipinski definition) is 4. The molecule has 0 aliphatic carbocycles. The van der Waals surface area contributed by atoms with Crippen LogP contribution in [0.1, 0.15) is 11.3 Å². The van der Waals surface area contributed by atoms with E-state index in [1.165, 1.54) is 6.07 Å². The van der Waals surface area contributed by atoms with Crippen LogP contribution in [0.2, 0.25) is 0 Å². The largest absolute Gasteiger partial charge is 0.573 e. The lowest BCUT2D eigenvalue weighted by molar-refractivity contribution is -0.275. The molecule has 16 heavy (non-hydrogen) atoms. The zero-order chi connectivity index (χ0) is 12.3. The number of rotatable bonds is 2. The molecule has 0 aliphatic rings. The minimum absolute atomic E-state index is 0.305. The number of anilines is 1. The Morgan fingerprint density at radius 3 is 2.56 bits per heavy atom. The molecule has 1 rings (SSSR count). The van der Waals surface area contributed by atoms with E-state index in [0.29, 0.717) is 0 Å². The molecule has 8 heteroatoms. The van der Waals surface area contributed by atoms with Gasteiger partial charge in [0.05, 0.1) is 17.4 Å². The molecule has 0 amide bonds. The Labute approximate surface area is 87.3 Å². The van der Waals surface area contributed by atoms with Gasteiger partial charge >= 0.3 is 6.36 Å². The zero-order valence-electron chi connectivity index (χ0n) is 7.68. The van der Waals surface area contributed by atoms with Crippen LogP contribution in [0.15, 0.2) is 6.20 Å². The Bertz CT molecular complexity index is 438. The summed E-state index contributed by atoms with van der Waals surface area (Å²) in [6.45, 7) is -1.28. The van der Waals surface area contributed by atoms with Crippen molar-refractivity contribution in [3.05, 3.63) is 17.5 Å². The molecular weight excluding hydrogens is 230 g/mol. The molecule has 0 fully saturated rings. The second-order valence-electron chi connectivity index (χ2n) is 2.66. The van der Waals surface area contributed by atoms with Gasteiger partial charge in [0.2, 0.25) is 0 Å². The number of nitrogens with two attached hydrogens (primary N) is 1. The number of pyridine rings is 1. The van der Waals surface area contributed by atoms with E-state index in [-0.39, 0.29) is 5.69 Å². The monoisotopic (exact) mass is 235 g/mol. The molecule has 0 aliphatic heterocycles. The van der Waals surface area contributed by atoms with Gasteiger partial charge in [0.15, 0.2) is 11.4 Å². The predicted molar refractivity (Wildman–Crippen MR) is 44.9 cm³/mol. The van der Waals surface area contributed by atoms with E-state index >= 15 is 0 Å². The number of nitriles is 1. The summed E-state index contributed by atoms with van der Waals surface area (Å²) in [4.78, 5) is 3.31. The van der Waals surface area contributed by atoms with Crippen molar-refractivity contribution in [3.63, 3.8) is 0 Å². The third-order valence-corrected chi connectivity index (χ3v) is 1.63. The lowest BCUT2D eigenvalue weighted by Crippen LogP contribution is -2.19. The highest BCUT2D eigenvalue weighted by Crippen LogP contribution is 2.32. The van der Waals surface area contributed by atoms with Crippen molar-refractivity contribution in [3.8, 4) is 11.8 Å². The van der Waals surface area contributed by atoms with Crippen LogP contribution < -0.4 is 10.5 Å². The fourth-order valence-electron chi connectivity index (χ4n) is 0.988. The highest BCUT2D eigenvalue weighted by atomic mass is 19.4. The van der Waals surface area contributed by atoms with Crippen LogP contribution >= 0.6 is 0 Å². The van der Waals surface area contributed by atoms with Crippen molar-refractivity contribution in [2.45, 2.75) is 13.0 Å². The van der Waals surface area contributed by atoms with E-state index in [4.69, 9.17) is 11.0 Å². The van der Waals surface area contributed by atoms with Gasteiger partial charge in [-0.3, -0.25) is 0 Å². The first-order chi connectivity index (χ1) is 7.39. The SMILES string of the molecule is N#Cc1ncc(N)c(CF)c1OC(F)(F)F. The number of alkyl halides is 4. The average Bonchev–Trinajstić information content (AvgIpc) is 2.16. The number of nitrogens with zero attached hydrogens (tertiary/aromatic N) is 2. The first-order valence-electron chi connectivity index (χ1n) is 3.88. The van der Waals surface area contributed by atoms with Crippen LogP contribution in [0.3, 0.4) is 0 Å². The summed E-state index contributed by atoms with van der Waals surface area (Å²) in [5.41, 5.74) is 3.70. The smallest absolute Gasteiger partial charge is 0.402 e. The Morgan fingerprint density at radius 2 is 2.12 bits per heavy atom. The third-order valence-electron chi connectivity index (χ3n) is 1.63. The van der Waals surface area contributed by atoms with Crippen molar-refractivity contribution >= 4 is 5.69 Å². The summed E-state index contributed by atoms with van der Waals surface area (Å²) < 4.78 is 51.9. The molecule has 2 N–H and O–H groups in total. The van der Waals surface area contributed by atoms with Gasteiger partial charge in [0.1, 0.15) is 12.7 Å². The summed E-state index contributed by atoms with van der Waals surface area (Å²) in [7, 11) is 0. The van der Waals surface area contributed by atoms with Gasteiger partial charge in [-0.2, -0.15) is 5.26 Å². The summed E-state index contributed by atoms with van der Waals surface area (Å²) in [5, 5.41) is 8.50. The van der Waals surface area contributed by atoms with Crippen molar-refractivity contribution in [2.24, 2.45) is 0 Å². The van der Waals surface area contributed by atoms with E-state index in [9.17, 15) is 17.6 Å². The van der Waals surface area contributed by atoms with E-state index < -0.39 is 30.0 Å². The third kappa shape index (κ3) is 2.50. The topological polar surface area (TPSA) is 71.9 Å². The van der Waals surface area contributed by atoms with E-state index in [1.54, 1.807) is 0 Å². The average molecular weight is 235 g/mol. The minimum atomic E-state index is -5.04. The maximum Gasteiger partial charge on any atom is 0.573 e. The Morgan fingerprint density at radius 1 is 1.50 bits per heavy atom. The molecule has 4 nitrogen and oxygen atoms in total. The first kappa shape index (κ1) is 12.0. The summed E-state index contributed by atoms with van der Waals surface area (Å²) in [6.07, 6.45) is -4.14. The van der Waals surface area contributed by atoms with Crippen LogP contribution in [0.25, 0.3) is 0 Å². The lowest BCUT2D eigenvalue weighted by Gasteiger charge is -2.13. The Hall–Kier alpha value is -2.04. The predicted octanol–water partition coefficient (Wildman–Crippen LogP) is 1.90. The molecule has 0 spiro atoms. The summed E-state index contributed by atoms with van der Waals surface area (Å²) in [5.74, 6) is -0.988. The Kier molecular flexibility index (Phi) is 3.17. The van der Waals surface area contributed by atoms with Crippen LogP contribution in [0.5, 0.6) is 5.75 Å². The quantitative estimate of drug-likeness (QED) is 0.794. The molecule has 0 aromatic carbocycles. The summed E-state index contributed by atoms with van der Waals surface area (Å²) >= 11 is 0. The van der Waals surface area contributed by atoms with Crippen molar-refractivity contribution < 1.29 is 22.3 Å². The fourth-order valence-corrected chi connectivity index (χ4v) is 0.988. The molecule has 0 radical (unpaired) electrons. The van der Waals surface area contributed by atoms with Gasteiger partial charge in [0, 0.05) is 0 Å². The second kappa shape index (κ2) is 4.22. The van der Waals surface area contributed by atoms with Crippen molar-refractivity contribution in [2.75, 3.05) is 5.73 Å². The van der Waals surface area contributed by atoms with Crippen molar-refractivity contribution in [1.29, 1.82) is 5.26 Å². The van der Waals surface area contributed by atoms with Crippen LogP contribution in [-0.4, -0.2) is 11.3 Å². The maximum absolute atomic E-state index is 12.5. The van der Waals surface area contributed by atoms with Gasteiger partial charge in [0.25, 0.3) is 0 Å². The molecule has 1 aromatic rings. The molecule has 1 aromatic heterocycles. The summed E-state index contributed by atoms with van der Waals surface area (Å²) in [6, 6.07) is 1.36. The van der Waals surface area contributed by atoms with E-state index in [0.717, 1.165) is 6.20 Å². The minimum Gasteiger partial charge on any atom is -0.402 e. The first-order valence-corrected chi connectivity index (χ1v) is 3.88. The molecule has 0 atom stereocenters. The standard InChI is InChI=1S/C8H5F4N3O/c9-1-4-5(14)3-15-6(2-13)7(4)16-8(10,11)12/h3H,1,14H2. The van der Waals surface area contributed by atoms with Crippen LogP contribution in [-0.2, 0) is 6.67 Å². The van der Waals surface area contributed by atoms with Crippen molar-refractivity contribution in [1.82, 2.24) is 4.98 Å². The van der Waals surface area contributed by atoms with Crippen LogP contribution in [0.4, 0.5) is 23.2 Å². The molecule has 1 heterocycles.